The molecular weight excluding hydrogens is 400 g/mol. The first-order valence-corrected chi connectivity index (χ1v) is 12.1. The number of aliphatic hydroxyl groups excluding tert-OH is 1. The minimum absolute atomic E-state index is 0.0992. The van der Waals surface area contributed by atoms with E-state index >= 15 is 0 Å². The molecule has 2 unspecified atom stereocenters. The van der Waals surface area contributed by atoms with Crippen LogP contribution in [0.3, 0.4) is 0 Å². The number of rotatable bonds is 4. The Labute approximate surface area is 184 Å². The van der Waals surface area contributed by atoms with E-state index in [1.165, 1.54) is 0 Å². The van der Waals surface area contributed by atoms with Crippen molar-refractivity contribution in [2.75, 3.05) is 0 Å². The van der Waals surface area contributed by atoms with Crippen LogP contribution in [-0.4, -0.2) is 54.3 Å². The molecule has 0 radical (unpaired) electrons. The highest BCUT2D eigenvalue weighted by atomic mass is 16.6. The van der Waals surface area contributed by atoms with E-state index in [-0.39, 0.29) is 30.1 Å². The van der Waals surface area contributed by atoms with Crippen molar-refractivity contribution in [3.8, 4) is 0 Å². The molecule has 178 valence electrons. The van der Waals surface area contributed by atoms with E-state index in [0.717, 1.165) is 38.5 Å². The summed E-state index contributed by atoms with van der Waals surface area (Å²) in [5.74, 6) is -4.84. The Morgan fingerprint density at radius 1 is 1.00 bits per heavy atom. The SMILES string of the molecule is C[C@H](CCC(=O)O)[C@H]1CC[C@H]2[C@@H]3CCC4CC(O)(O)C(O)(O)C(O)[C@]4(C)[C@H]3CC[C@]12C. The maximum absolute atomic E-state index is 11.1. The Bertz CT molecular complexity index is 721. The van der Waals surface area contributed by atoms with Gasteiger partial charge in [-0.05, 0) is 85.9 Å². The zero-order valence-electron chi connectivity index (χ0n) is 19.0. The van der Waals surface area contributed by atoms with Crippen LogP contribution in [0, 0.1) is 46.3 Å². The van der Waals surface area contributed by atoms with Crippen LogP contribution >= 0.6 is 0 Å². The predicted molar refractivity (Wildman–Crippen MR) is 112 cm³/mol. The van der Waals surface area contributed by atoms with Gasteiger partial charge in [0.15, 0.2) is 0 Å². The van der Waals surface area contributed by atoms with Crippen molar-refractivity contribution >= 4 is 5.97 Å². The summed E-state index contributed by atoms with van der Waals surface area (Å²) < 4.78 is 0. The summed E-state index contributed by atoms with van der Waals surface area (Å²) in [4.78, 5) is 11.1. The van der Waals surface area contributed by atoms with Gasteiger partial charge >= 0.3 is 5.97 Å². The molecule has 31 heavy (non-hydrogen) atoms. The Morgan fingerprint density at radius 3 is 2.32 bits per heavy atom. The van der Waals surface area contributed by atoms with E-state index in [1.54, 1.807) is 0 Å². The lowest BCUT2D eigenvalue weighted by atomic mass is 9.42. The fraction of sp³-hybridized carbons (Fsp3) is 0.958. The van der Waals surface area contributed by atoms with Crippen molar-refractivity contribution in [2.24, 2.45) is 46.3 Å². The van der Waals surface area contributed by atoms with Crippen LogP contribution in [0.4, 0.5) is 0 Å². The molecule has 4 aliphatic carbocycles. The van der Waals surface area contributed by atoms with Crippen molar-refractivity contribution < 1.29 is 35.4 Å². The van der Waals surface area contributed by atoms with Crippen LogP contribution in [0.25, 0.3) is 0 Å². The van der Waals surface area contributed by atoms with Gasteiger partial charge in [-0.1, -0.05) is 20.8 Å². The number of carboxylic acid groups (broad SMARTS) is 1. The van der Waals surface area contributed by atoms with E-state index in [0.29, 0.717) is 30.1 Å². The number of hydrogen-bond donors (Lipinski definition) is 6. The van der Waals surface area contributed by atoms with Crippen LogP contribution in [0.5, 0.6) is 0 Å². The van der Waals surface area contributed by atoms with Gasteiger partial charge in [0.1, 0.15) is 6.10 Å². The Kier molecular flexibility index (Phi) is 5.58. The van der Waals surface area contributed by atoms with Crippen molar-refractivity contribution in [3.05, 3.63) is 0 Å². The van der Waals surface area contributed by atoms with Gasteiger partial charge in [-0.15, -0.1) is 0 Å². The molecule has 9 atom stereocenters. The highest BCUT2D eigenvalue weighted by Crippen LogP contribution is 2.69. The predicted octanol–water partition coefficient (Wildman–Crippen LogP) is 2.09. The molecule has 0 amide bonds. The van der Waals surface area contributed by atoms with Crippen molar-refractivity contribution in [2.45, 2.75) is 96.2 Å². The Balaban J connectivity index is 1.59. The lowest BCUT2D eigenvalue weighted by molar-refractivity contribution is -0.432. The highest BCUT2D eigenvalue weighted by molar-refractivity contribution is 5.66. The molecule has 4 saturated carbocycles. The minimum atomic E-state index is -2.95. The first kappa shape index (κ1) is 23.4. The van der Waals surface area contributed by atoms with Gasteiger partial charge < -0.3 is 30.6 Å². The lowest BCUT2D eigenvalue weighted by Crippen LogP contribution is -2.74. The molecule has 0 aromatic rings. The molecule has 0 aliphatic heterocycles. The third-order valence-electron chi connectivity index (χ3n) is 10.6. The molecule has 4 aliphatic rings. The molecule has 6 N–H and O–H groups in total. The molecule has 0 bridgehead atoms. The molecule has 4 rings (SSSR count). The van der Waals surface area contributed by atoms with Crippen LogP contribution < -0.4 is 0 Å². The zero-order chi connectivity index (χ0) is 23.0. The number of hydrogen-bond acceptors (Lipinski definition) is 6. The van der Waals surface area contributed by atoms with Gasteiger partial charge in [-0.2, -0.15) is 0 Å². The van der Waals surface area contributed by atoms with E-state index in [1.807, 2.05) is 6.92 Å². The van der Waals surface area contributed by atoms with Gasteiger partial charge in [0.2, 0.25) is 11.6 Å². The first-order chi connectivity index (χ1) is 14.3. The topological polar surface area (TPSA) is 138 Å². The van der Waals surface area contributed by atoms with Gasteiger partial charge in [0.05, 0.1) is 0 Å². The molecule has 0 aromatic carbocycles. The maximum atomic E-state index is 11.1. The van der Waals surface area contributed by atoms with Crippen molar-refractivity contribution in [1.82, 2.24) is 0 Å². The monoisotopic (exact) mass is 440 g/mol. The van der Waals surface area contributed by atoms with Crippen LogP contribution in [0.1, 0.15) is 78.6 Å². The highest BCUT2D eigenvalue weighted by Gasteiger charge is 2.71. The van der Waals surface area contributed by atoms with Gasteiger partial charge in [-0.3, -0.25) is 4.79 Å². The Hall–Kier alpha value is -0.730. The van der Waals surface area contributed by atoms with Gasteiger partial charge in [0.25, 0.3) is 0 Å². The largest absolute Gasteiger partial charge is 0.481 e. The summed E-state index contributed by atoms with van der Waals surface area (Å²) in [6, 6.07) is 0. The molecule has 0 aromatic heterocycles. The summed E-state index contributed by atoms with van der Waals surface area (Å²) in [6.07, 6.45) is 4.83. The van der Waals surface area contributed by atoms with Crippen molar-refractivity contribution in [1.29, 1.82) is 0 Å². The number of aliphatic hydroxyl groups is 5. The third kappa shape index (κ3) is 3.22. The molecule has 7 nitrogen and oxygen atoms in total. The zero-order valence-corrected chi connectivity index (χ0v) is 19.0. The molecule has 0 heterocycles. The quantitative estimate of drug-likeness (QED) is 0.368. The van der Waals surface area contributed by atoms with Crippen LogP contribution in [-0.2, 0) is 4.79 Å². The van der Waals surface area contributed by atoms with E-state index in [4.69, 9.17) is 5.11 Å². The van der Waals surface area contributed by atoms with Gasteiger partial charge in [-0.25, -0.2) is 0 Å². The van der Waals surface area contributed by atoms with Gasteiger partial charge in [0, 0.05) is 18.3 Å². The van der Waals surface area contributed by atoms with Crippen LogP contribution in [0.15, 0.2) is 0 Å². The Morgan fingerprint density at radius 2 is 1.68 bits per heavy atom. The normalized spacial score (nSPS) is 48.9. The summed E-state index contributed by atoms with van der Waals surface area (Å²) in [7, 11) is 0. The fourth-order valence-corrected chi connectivity index (χ4v) is 8.89. The number of carbonyl (C=O) groups is 1. The summed E-state index contributed by atoms with van der Waals surface area (Å²) in [5, 5.41) is 61.6. The summed E-state index contributed by atoms with van der Waals surface area (Å²) in [6.45, 7) is 6.47. The second-order valence-electron chi connectivity index (χ2n) is 11.8. The van der Waals surface area contributed by atoms with E-state index in [2.05, 4.69) is 13.8 Å². The molecule has 0 saturated heterocycles. The molecule has 0 spiro atoms. The number of fused-ring (bicyclic) bond motifs is 5. The summed E-state index contributed by atoms with van der Waals surface area (Å²) >= 11 is 0. The van der Waals surface area contributed by atoms with E-state index < -0.39 is 29.1 Å². The van der Waals surface area contributed by atoms with Crippen LogP contribution in [0.2, 0.25) is 0 Å². The average molecular weight is 441 g/mol. The number of carboxylic acids is 1. The second kappa shape index (κ2) is 7.39. The molecule has 4 fully saturated rings. The first-order valence-electron chi connectivity index (χ1n) is 12.1. The lowest BCUT2D eigenvalue weighted by Gasteiger charge is -2.65. The smallest absolute Gasteiger partial charge is 0.303 e. The standard InChI is InChI=1S/C24H40O7/c1-13(4-9-19(25)26)16-7-8-17-15-6-5-14-12-23(28,29)24(30,31)20(27)22(14,3)18(15)10-11-21(16,17)2/h13-18,20,27-31H,4-12H2,1-3H3,(H,25,26)/t13-,14?,15+,16-,17+,18+,20?,21-,22+/m1/s1. The second-order valence-corrected chi connectivity index (χ2v) is 11.8. The molecule has 7 heteroatoms. The molecular formula is C24H40O7. The average Bonchev–Trinajstić information content (AvgIpc) is 3.03. The van der Waals surface area contributed by atoms with E-state index in [9.17, 15) is 30.3 Å². The number of aliphatic carboxylic acids is 1. The fourth-order valence-electron chi connectivity index (χ4n) is 8.89. The third-order valence-corrected chi connectivity index (χ3v) is 10.6. The maximum Gasteiger partial charge on any atom is 0.303 e. The summed E-state index contributed by atoms with van der Waals surface area (Å²) in [5.41, 5.74) is -0.648. The van der Waals surface area contributed by atoms with Crippen molar-refractivity contribution in [3.63, 3.8) is 0 Å². The minimum Gasteiger partial charge on any atom is -0.481 e.